The lowest BCUT2D eigenvalue weighted by molar-refractivity contribution is 0.396. The van der Waals surface area contributed by atoms with Gasteiger partial charge >= 0.3 is 0 Å². The molecule has 1 aliphatic carbocycles. The predicted molar refractivity (Wildman–Crippen MR) is 90.7 cm³/mol. The van der Waals surface area contributed by atoms with E-state index in [2.05, 4.69) is 30.4 Å². The molecule has 0 heterocycles. The molecule has 2 heteroatoms. The Morgan fingerprint density at radius 1 is 1.19 bits per heavy atom. The Balaban J connectivity index is 2.09. The first kappa shape index (κ1) is 16.1. The Kier molecular flexibility index (Phi) is 6.81. The first-order chi connectivity index (χ1) is 10.3. The summed E-state index contributed by atoms with van der Waals surface area (Å²) in [7, 11) is 1.72. The zero-order valence-corrected chi connectivity index (χ0v) is 13.5. The van der Waals surface area contributed by atoms with E-state index in [0.717, 1.165) is 24.8 Å². The molecule has 0 aromatic heterocycles. The Morgan fingerprint density at radius 3 is 2.52 bits per heavy atom. The van der Waals surface area contributed by atoms with E-state index in [9.17, 15) is 0 Å². The van der Waals surface area contributed by atoms with Gasteiger partial charge in [-0.3, -0.25) is 0 Å². The highest BCUT2D eigenvalue weighted by Gasteiger charge is 2.17. The maximum Gasteiger partial charge on any atom is 0.118 e. The molecule has 1 aromatic rings. The van der Waals surface area contributed by atoms with Gasteiger partial charge in [-0.1, -0.05) is 50.0 Å². The lowest BCUT2D eigenvalue weighted by Crippen LogP contribution is -2.22. The molecule has 0 aliphatic heterocycles. The number of nitrogens with one attached hydrogen (secondary N) is 1. The van der Waals surface area contributed by atoms with Gasteiger partial charge in [0.1, 0.15) is 5.75 Å². The van der Waals surface area contributed by atoms with Crippen LogP contribution in [0.4, 0.5) is 0 Å². The third kappa shape index (κ3) is 5.20. The molecular formula is C19H29NO. The molecular weight excluding hydrogens is 258 g/mol. The summed E-state index contributed by atoms with van der Waals surface area (Å²) in [6.07, 6.45) is 10.5. The smallest absolute Gasteiger partial charge is 0.118 e. The van der Waals surface area contributed by atoms with E-state index in [4.69, 9.17) is 4.74 Å². The Bertz CT molecular complexity index is 429. The molecule has 0 unspecified atom stereocenters. The molecule has 1 saturated carbocycles. The highest BCUT2D eigenvalue weighted by molar-refractivity contribution is 5.55. The van der Waals surface area contributed by atoms with Crippen molar-refractivity contribution < 1.29 is 4.74 Å². The molecule has 1 aromatic carbocycles. The van der Waals surface area contributed by atoms with E-state index in [1.807, 2.05) is 12.1 Å². The van der Waals surface area contributed by atoms with E-state index < -0.39 is 0 Å². The van der Waals surface area contributed by atoms with Crippen molar-refractivity contribution in [2.75, 3.05) is 20.2 Å². The molecule has 0 bridgehead atoms. The minimum absolute atomic E-state index is 0.769. The number of benzene rings is 1. The number of hydrogen-bond acceptors (Lipinski definition) is 2. The fourth-order valence-corrected chi connectivity index (χ4v) is 3.11. The van der Waals surface area contributed by atoms with Gasteiger partial charge < -0.3 is 10.1 Å². The van der Waals surface area contributed by atoms with Crippen molar-refractivity contribution in [3.63, 3.8) is 0 Å². The number of rotatable bonds is 7. The highest BCUT2D eigenvalue weighted by atomic mass is 16.5. The second-order valence-corrected chi connectivity index (χ2v) is 6.00. The van der Waals surface area contributed by atoms with Crippen molar-refractivity contribution in [1.82, 2.24) is 5.32 Å². The average Bonchev–Trinajstić information content (AvgIpc) is 2.55. The van der Waals surface area contributed by atoms with Crippen LogP contribution in [0.2, 0.25) is 0 Å². The van der Waals surface area contributed by atoms with Gasteiger partial charge in [0.2, 0.25) is 0 Å². The molecule has 1 aliphatic rings. The van der Waals surface area contributed by atoms with Gasteiger partial charge in [0.05, 0.1) is 7.11 Å². The molecule has 21 heavy (non-hydrogen) atoms. The van der Waals surface area contributed by atoms with E-state index in [0.29, 0.717) is 0 Å². The van der Waals surface area contributed by atoms with Crippen LogP contribution in [0.15, 0.2) is 29.8 Å². The molecule has 0 spiro atoms. The molecule has 0 saturated heterocycles. The number of ether oxygens (including phenoxy) is 1. The summed E-state index contributed by atoms with van der Waals surface area (Å²) in [5.74, 6) is 1.70. The Hall–Kier alpha value is -1.28. The number of hydrogen-bond donors (Lipinski definition) is 1. The first-order valence-corrected chi connectivity index (χ1v) is 8.38. The summed E-state index contributed by atoms with van der Waals surface area (Å²) >= 11 is 0. The van der Waals surface area contributed by atoms with Gasteiger partial charge in [-0.25, -0.2) is 0 Å². The second-order valence-electron chi connectivity index (χ2n) is 6.00. The summed E-state index contributed by atoms with van der Waals surface area (Å²) in [6, 6.07) is 8.40. The molecule has 0 atom stereocenters. The first-order valence-electron chi connectivity index (χ1n) is 8.38. The van der Waals surface area contributed by atoms with Crippen molar-refractivity contribution >= 4 is 6.08 Å². The average molecular weight is 287 g/mol. The maximum absolute atomic E-state index is 5.24. The monoisotopic (exact) mass is 287 g/mol. The SMILES string of the molecule is CCCNC/C(=C/c1ccc(OC)cc1)C1CCCCC1. The molecule has 2 rings (SSSR count). The minimum Gasteiger partial charge on any atom is -0.497 e. The Labute approximate surface area is 129 Å². The van der Waals surface area contributed by atoms with Gasteiger partial charge in [-0.05, 0) is 49.4 Å². The summed E-state index contributed by atoms with van der Waals surface area (Å²) in [5.41, 5.74) is 2.86. The molecule has 2 nitrogen and oxygen atoms in total. The third-order valence-electron chi connectivity index (χ3n) is 4.35. The zero-order chi connectivity index (χ0) is 14.9. The van der Waals surface area contributed by atoms with E-state index in [-0.39, 0.29) is 0 Å². The van der Waals surface area contributed by atoms with Crippen LogP contribution in [-0.2, 0) is 0 Å². The lowest BCUT2D eigenvalue weighted by atomic mass is 9.83. The van der Waals surface area contributed by atoms with Crippen molar-refractivity contribution in [2.24, 2.45) is 5.92 Å². The fourth-order valence-electron chi connectivity index (χ4n) is 3.11. The van der Waals surface area contributed by atoms with Crippen LogP contribution < -0.4 is 10.1 Å². The molecule has 1 N–H and O–H groups in total. The van der Waals surface area contributed by atoms with Crippen LogP contribution in [0, 0.1) is 5.92 Å². The highest BCUT2D eigenvalue weighted by Crippen LogP contribution is 2.30. The zero-order valence-electron chi connectivity index (χ0n) is 13.5. The van der Waals surface area contributed by atoms with E-state index >= 15 is 0 Å². The van der Waals surface area contributed by atoms with Crippen LogP contribution >= 0.6 is 0 Å². The van der Waals surface area contributed by atoms with Gasteiger partial charge in [0, 0.05) is 6.54 Å². The summed E-state index contributed by atoms with van der Waals surface area (Å²) in [5, 5.41) is 3.58. The number of methoxy groups -OCH3 is 1. The van der Waals surface area contributed by atoms with Crippen LogP contribution in [0.5, 0.6) is 5.75 Å². The van der Waals surface area contributed by atoms with Gasteiger partial charge in [0.25, 0.3) is 0 Å². The summed E-state index contributed by atoms with van der Waals surface area (Å²) < 4.78 is 5.24. The summed E-state index contributed by atoms with van der Waals surface area (Å²) in [4.78, 5) is 0. The van der Waals surface area contributed by atoms with Crippen molar-refractivity contribution in [3.05, 3.63) is 35.4 Å². The van der Waals surface area contributed by atoms with Crippen LogP contribution in [-0.4, -0.2) is 20.2 Å². The third-order valence-corrected chi connectivity index (χ3v) is 4.35. The van der Waals surface area contributed by atoms with Crippen molar-refractivity contribution in [3.8, 4) is 5.75 Å². The van der Waals surface area contributed by atoms with E-state index in [1.54, 1.807) is 12.7 Å². The van der Waals surface area contributed by atoms with Crippen LogP contribution in [0.3, 0.4) is 0 Å². The van der Waals surface area contributed by atoms with Gasteiger partial charge in [-0.2, -0.15) is 0 Å². The topological polar surface area (TPSA) is 21.3 Å². The molecule has 116 valence electrons. The predicted octanol–water partition coefficient (Wildman–Crippen LogP) is 4.66. The van der Waals surface area contributed by atoms with Crippen molar-refractivity contribution in [1.29, 1.82) is 0 Å². The Morgan fingerprint density at radius 2 is 1.90 bits per heavy atom. The van der Waals surface area contributed by atoms with E-state index in [1.165, 1.54) is 44.1 Å². The van der Waals surface area contributed by atoms with Crippen LogP contribution in [0.25, 0.3) is 6.08 Å². The standard InChI is InChI=1S/C19H29NO/c1-3-13-20-15-18(17-7-5-4-6-8-17)14-16-9-11-19(21-2)12-10-16/h9-12,14,17,20H,3-8,13,15H2,1-2H3/b18-14-. The second kappa shape index (κ2) is 8.89. The minimum atomic E-state index is 0.769. The molecule has 0 radical (unpaired) electrons. The van der Waals surface area contributed by atoms with Crippen LogP contribution in [0.1, 0.15) is 51.0 Å². The molecule has 0 amide bonds. The van der Waals surface area contributed by atoms with Crippen molar-refractivity contribution in [2.45, 2.75) is 45.4 Å². The normalized spacial score (nSPS) is 17.0. The molecule has 1 fully saturated rings. The maximum atomic E-state index is 5.24. The largest absolute Gasteiger partial charge is 0.497 e. The summed E-state index contributed by atoms with van der Waals surface area (Å²) in [6.45, 7) is 4.36. The van der Waals surface area contributed by atoms with Gasteiger partial charge in [0.15, 0.2) is 0 Å². The fraction of sp³-hybridized carbons (Fsp3) is 0.579. The quantitative estimate of drug-likeness (QED) is 0.737. The lowest BCUT2D eigenvalue weighted by Gasteiger charge is -2.25. The van der Waals surface area contributed by atoms with Gasteiger partial charge in [-0.15, -0.1) is 0 Å².